The van der Waals surface area contributed by atoms with Gasteiger partial charge in [0.15, 0.2) is 0 Å². The number of ether oxygens (including phenoxy) is 1. The van der Waals surface area contributed by atoms with Crippen LogP contribution in [0.15, 0.2) is 65.3 Å². The number of methoxy groups -OCH3 is 1. The monoisotopic (exact) mass is 390 g/mol. The van der Waals surface area contributed by atoms with E-state index in [9.17, 15) is 4.79 Å². The molecular weight excluding hydrogens is 364 g/mol. The maximum absolute atomic E-state index is 13.2. The molecule has 150 valence electrons. The van der Waals surface area contributed by atoms with Crippen LogP contribution in [0, 0.1) is 5.92 Å². The minimum absolute atomic E-state index is 0.0770. The SMILES string of the molecule is COc1ccc(CN(C(=O)Cc2coc(-c3ccccc3)n2)C(C)C2CC2)cc1. The van der Waals surface area contributed by atoms with Crippen molar-refractivity contribution in [1.29, 1.82) is 0 Å². The molecule has 1 fully saturated rings. The molecule has 1 aliphatic carbocycles. The molecule has 29 heavy (non-hydrogen) atoms. The molecule has 4 rings (SSSR count). The van der Waals surface area contributed by atoms with E-state index in [-0.39, 0.29) is 18.4 Å². The van der Waals surface area contributed by atoms with E-state index in [0.29, 0.717) is 24.0 Å². The summed E-state index contributed by atoms with van der Waals surface area (Å²) < 4.78 is 10.8. The third kappa shape index (κ3) is 4.67. The van der Waals surface area contributed by atoms with Crippen LogP contribution in [0.25, 0.3) is 11.5 Å². The second-order valence-electron chi connectivity index (χ2n) is 7.63. The van der Waals surface area contributed by atoms with Crippen molar-refractivity contribution in [3.63, 3.8) is 0 Å². The summed E-state index contributed by atoms with van der Waals surface area (Å²) in [4.78, 5) is 19.7. The molecule has 3 aromatic rings. The van der Waals surface area contributed by atoms with Gasteiger partial charge in [0.05, 0.1) is 19.2 Å². The second kappa shape index (κ2) is 8.52. The summed E-state index contributed by atoms with van der Waals surface area (Å²) in [5, 5.41) is 0. The van der Waals surface area contributed by atoms with Gasteiger partial charge in [0.2, 0.25) is 11.8 Å². The molecule has 0 radical (unpaired) electrons. The lowest BCUT2D eigenvalue weighted by Crippen LogP contribution is -2.40. The normalized spacial score (nSPS) is 14.4. The van der Waals surface area contributed by atoms with Crippen molar-refractivity contribution in [2.24, 2.45) is 5.92 Å². The zero-order valence-corrected chi connectivity index (χ0v) is 16.9. The molecular formula is C24H26N2O3. The lowest BCUT2D eigenvalue weighted by Gasteiger charge is -2.29. The Balaban J connectivity index is 1.48. The van der Waals surface area contributed by atoms with E-state index < -0.39 is 0 Å². The highest BCUT2D eigenvalue weighted by Gasteiger charge is 2.34. The Hall–Kier alpha value is -3.08. The summed E-state index contributed by atoms with van der Waals surface area (Å²) in [6, 6.07) is 17.8. The topological polar surface area (TPSA) is 55.6 Å². The van der Waals surface area contributed by atoms with Gasteiger partial charge in [-0.3, -0.25) is 4.79 Å². The van der Waals surface area contributed by atoms with Gasteiger partial charge in [-0.1, -0.05) is 30.3 Å². The molecule has 1 aliphatic rings. The summed E-state index contributed by atoms with van der Waals surface area (Å²) in [7, 11) is 1.65. The summed E-state index contributed by atoms with van der Waals surface area (Å²) in [6.07, 6.45) is 4.21. The average molecular weight is 390 g/mol. The van der Waals surface area contributed by atoms with Crippen molar-refractivity contribution in [3.8, 4) is 17.2 Å². The third-order valence-corrected chi connectivity index (χ3v) is 5.53. The predicted octanol–water partition coefficient (Wildman–Crippen LogP) is 4.72. The smallest absolute Gasteiger partial charge is 0.229 e. The Labute approximate surface area is 171 Å². The molecule has 1 heterocycles. The van der Waals surface area contributed by atoms with Crippen LogP contribution in [0.3, 0.4) is 0 Å². The minimum Gasteiger partial charge on any atom is -0.497 e. The molecule has 1 aromatic heterocycles. The Bertz CT molecular complexity index is 946. The van der Waals surface area contributed by atoms with E-state index in [1.807, 2.05) is 59.5 Å². The first-order chi connectivity index (χ1) is 14.1. The fraction of sp³-hybridized carbons (Fsp3) is 0.333. The molecule has 0 saturated heterocycles. The van der Waals surface area contributed by atoms with Gasteiger partial charge in [-0.05, 0) is 55.5 Å². The van der Waals surface area contributed by atoms with E-state index in [1.165, 1.54) is 12.8 Å². The summed E-state index contributed by atoms with van der Waals surface area (Å²) in [5.74, 6) is 2.03. The molecule has 0 bridgehead atoms. The van der Waals surface area contributed by atoms with E-state index in [0.717, 1.165) is 16.9 Å². The lowest BCUT2D eigenvalue weighted by molar-refractivity contribution is -0.133. The van der Waals surface area contributed by atoms with Crippen LogP contribution in [-0.2, 0) is 17.8 Å². The molecule has 0 N–H and O–H groups in total. The largest absolute Gasteiger partial charge is 0.497 e. The van der Waals surface area contributed by atoms with Crippen LogP contribution in [0.1, 0.15) is 31.0 Å². The van der Waals surface area contributed by atoms with Crippen LogP contribution in [0.2, 0.25) is 0 Å². The minimum atomic E-state index is 0.0770. The second-order valence-corrected chi connectivity index (χ2v) is 7.63. The predicted molar refractivity (Wildman–Crippen MR) is 111 cm³/mol. The zero-order valence-electron chi connectivity index (χ0n) is 16.9. The van der Waals surface area contributed by atoms with Crippen LogP contribution >= 0.6 is 0 Å². The maximum atomic E-state index is 13.2. The summed E-state index contributed by atoms with van der Waals surface area (Å²) >= 11 is 0. The van der Waals surface area contributed by atoms with Crippen molar-refractivity contribution < 1.29 is 13.9 Å². The van der Waals surface area contributed by atoms with Gasteiger partial charge in [-0.25, -0.2) is 4.98 Å². The van der Waals surface area contributed by atoms with E-state index in [1.54, 1.807) is 13.4 Å². The zero-order chi connectivity index (χ0) is 20.2. The first-order valence-corrected chi connectivity index (χ1v) is 10.1. The standard InChI is InChI=1S/C24H26N2O3/c1-17(19-10-11-19)26(15-18-8-12-22(28-2)13-9-18)23(27)14-21-16-29-24(25-21)20-6-4-3-5-7-20/h3-9,12-13,16-17,19H,10-11,14-15H2,1-2H3. The Kier molecular flexibility index (Phi) is 5.65. The third-order valence-electron chi connectivity index (χ3n) is 5.53. The highest BCUT2D eigenvalue weighted by Crippen LogP contribution is 2.36. The molecule has 5 nitrogen and oxygen atoms in total. The molecule has 1 atom stereocenters. The molecule has 1 amide bonds. The van der Waals surface area contributed by atoms with Crippen molar-refractivity contribution >= 4 is 5.91 Å². The number of benzene rings is 2. The fourth-order valence-corrected chi connectivity index (χ4v) is 3.58. The number of hydrogen-bond acceptors (Lipinski definition) is 4. The first-order valence-electron chi connectivity index (χ1n) is 10.1. The number of carbonyl (C=O) groups excluding carboxylic acids is 1. The van der Waals surface area contributed by atoms with E-state index in [4.69, 9.17) is 9.15 Å². The van der Waals surface area contributed by atoms with Gasteiger partial charge in [0.1, 0.15) is 12.0 Å². The Morgan fingerprint density at radius 3 is 2.55 bits per heavy atom. The molecule has 5 heteroatoms. The number of hydrogen-bond donors (Lipinski definition) is 0. The number of aromatic nitrogens is 1. The van der Waals surface area contributed by atoms with E-state index in [2.05, 4.69) is 11.9 Å². The van der Waals surface area contributed by atoms with Crippen molar-refractivity contribution in [2.75, 3.05) is 7.11 Å². The number of nitrogens with zero attached hydrogens (tertiary/aromatic N) is 2. The molecule has 0 aliphatic heterocycles. The van der Waals surface area contributed by atoms with Crippen LogP contribution in [-0.4, -0.2) is 28.9 Å². The first kappa shape index (κ1) is 19.2. The summed E-state index contributed by atoms with van der Waals surface area (Å²) in [5.41, 5.74) is 2.67. The molecule has 1 unspecified atom stereocenters. The molecule has 2 aromatic carbocycles. The Morgan fingerprint density at radius 2 is 1.90 bits per heavy atom. The summed E-state index contributed by atoms with van der Waals surface area (Å²) in [6.45, 7) is 2.74. The number of rotatable bonds is 8. The van der Waals surface area contributed by atoms with Gasteiger partial charge in [0.25, 0.3) is 0 Å². The lowest BCUT2D eigenvalue weighted by atomic mass is 10.1. The van der Waals surface area contributed by atoms with Crippen LogP contribution < -0.4 is 4.74 Å². The van der Waals surface area contributed by atoms with Gasteiger partial charge in [-0.2, -0.15) is 0 Å². The van der Waals surface area contributed by atoms with Crippen molar-refractivity contribution in [1.82, 2.24) is 9.88 Å². The fourth-order valence-electron chi connectivity index (χ4n) is 3.58. The van der Waals surface area contributed by atoms with Gasteiger partial charge < -0.3 is 14.1 Å². The molecule has 1 saturated carbocycles. The van der Waals surface area contributed by atoms with Gasteiger partial charge >= 0.3 is 0 Å². The number of carbonyl (C=O) groups is 1. The highest BCUT2D eigenvalue weighted by atomic mass is 16.5. The van der Waals surface area contributed by atoms with Gasteiger partial charge in [0, 0.05) is 18.2 Å². The average Bonchev–Trinajstić information content (AvgIpc) is 3.51. The van der Waals surface area contributed by atoms with Gasteiger partial charge in [-0.15, -0.1) is 0 Å². The van der Waals surface area contributed by atoms with E-state index >= 15 is 0 Å². The van der Waals surface area contributed by atoms with Crippen molar-refractivity contribution in [2.45, 2.75) is 38.8 Å². The number of amides is 1. The maximum Gasteiger partial charge on any atom is 0.229 e. The molecule has 0 spiro atoms. The van der Waals surface area contributed by atoms with Crippen LogP contribution in [0.4, 0.5) is 0 Å². The Morgan fingerprint density at radius 1 is 1.17 bits per heavy atom. The van der Waals surface area contributed by atoms with Crippen molar-refractivity contribution in [3.05, 3.63) is 72.1 Å². The number of oxazole rings is 1. The highest BCUT2D eigenvalue weighted by molar-refractivity contribution is 5.79. The van der Waals surface area contributed by atoms with Crippen LogP contribution in [0.5, 0.6) is 5.75 Å². The quantitative estimate of drug-likeness (QED) is 0.558.